The van der Waals surface area contributed by atoms with E-state index in [0.717, 1.165) is 12.8 Å². The molecule has 3 aliphatic rings. The van der Waals surface area contributed by atoms with Crippen LogP contribution in [0.2, 0.25) is 0 Å². The van der Waals surface area contributed by atoms with E-state index >= 15 is 0 Å². The Labute approximate surface area is 119 Å². The van der Waals surface area contributed by atoms with Gasteiger partial charge in [-0.25, -0.2) is 0 Å². The molecule has 0 radical (unpaired) electrons. The van der Waals surface area contributed by atoms with Crippen molar-refractivity contribution in [1.29, 1.82) is 0 Å². The van der Waals surface area contributed by atoms with E-state index in [1.807, 2.05) is 0 Å². The minimum atomic E-state index is 0.520. The highest BCUT2D eigenvalue weighted by molar-refractivity contribution is 5.70. The zero-order chi connectivity index (χ0) is 13.4. The predicted molar refractivity (Wildman–Crippen MR) is 85.3 cm³/mol. The van der Waals surface area contributed by atoms with Crippen LogP contribution in [0, 0.1) is 11.8 Å². The molecule has 2 unspecified atom stereocenters. The molecule has 0 heterocycles. The largest absolute Gasteiger partial charge is 0.0767 e. The summed E-state index contributed by atoms with van der Waals surface area (Å²) >= 11 is 0. The van der Waals surface area contributed by atoms with Crippen LogP contribution < -0.4 is 10.4 Å². The van der Waals surface area contributed by atoms with Gasteiger partial charge >= 0.3 is 0 Å². The fraction of sp³-hybridized carbons (Fsp3) is 0.200. The van der Waals surface area contributed by atoms with Gasteiger partial charge in [0.1, 0.15) is 0 Å². The first-order valence-corrected chi connectivity index (χ1v) is 7.46. The van der Waals surface area contributed by atoms with Crippen molar-refractivity contribution in [2.45, 2.75) is 12.8 Å². The molecule has 0 amide bonds. The normalized spacial score (nSPS) is 26.6. The molecule has 0 fully saturated rings. The summed E-state index contributed by atoms with van der Waals surface area (Å²) in [6, 6.07) is 8.81. The first-order valence-electron chi connectivity index (χ1n) is 7.46. The van der Waals surface area contributed by atoms with E-state index < -0.39 is 0 Å². The fourth-order valence-electron chi connectivity index (χ4n) is 3.58. The number of hydrogen-bond acceptors (Lipinski definition) is 0. The van der Waals surface area contributed by atoms with Gasteiger partial charge in [0.2, 0.25) is 0 Å². The highest BCUT2D eigenvalue weighted by Gasteiger charge is 2.25. The van der Waals surface area contributed by atoms with Crippen molar-refractivity contribution in [1.82, 2.24) is 0 Å². The van der Waals surface area contributed by atoms with Gasteiger partial charge in [-0.2, -0.15) is 0 Å². The average molecular weight is 258 g/mol. The van der Waals surface area contributed by atoms with Crippen molar-refractivity contribution < 1.29 is 0 Å². The summed E-state index contributed by atoms with van der Waals surface area (Å²) in [6.45, 7) is 0. The molecule has 4 rings (SSSR count). The second-order valence-corrected chi connectivity index (χ2v) is 5.69. The van der Waals surface area contributed by atoms with Gasteiger partial charge in [0.05, 0.1) is 0 Å². The average Bonchev–Trinajstić information content (AvgIpc) is 2.54. The molecule has 0 saturated carbocycles. The Morgan fingerprint density at radius 3 is 2.75 bits per heavy atom. The lowest BCUT2D eigenvalue weighted by Crippen LogP contribution is -2.31. The molecule has 0 aliphatic heterocycles. The monoisotopic (exact) mass is 258 g/mol. The molecule has 0 spiro atoms. The van der Waals surface area contributed by atoms with Gasteiger partial charge < -0.3 is 0 Å². The molecule has 20 heavy (non-hydrogen) atoms. The zero-order valence-corrected chi connectivity index (χ0v) is 11.5. The molecule has 0 heteroatoms. The lowest BCUT2D eigenvalue weighted by Gasteiger charge is -2.29. The van der Waals surface area contributed by atoms with Gasteiger partial charge in [0.15, 0.2) is 0 Å². The van der Waals surface area contributed by atoms with E-state index in [0.29, 0.717) is 11.8 Å². The van der Waals surface area contributed by atoms with E-state index in [9.17, 15) is 0 Å². The van der Waals surface area contributed by atoms with Gasteiger partial charge in [-0.15, -0.1) is 0 Å². The Kier molecular flexibility index (Phi) is 2.81. The van der Waals surface area contributed by atoms with Gasteiger partial charge in [-0.3, -0.25) is 0 Å². The summed E-state index contributed by atoms with van der Waals surface area (Å²) in [5.41, 5.74) is 3.06. The number of fused-ring (bicyclic) bond motifs is 2. The lowest BCUT2D eigenvalue weighted by atomic mass is 9.75. The first kappa shape index (κ1) is 11.7. The summed E-state index contributed by atoms with van der Waals surface area (Å²) in [7, 11) is 0. The second-order valence-electron chi connectivity index (χ2n) is 5.69. The second kappa shape index (κ2) is 4.79. The van der Waals surface area contributed by atoms with E-state index in [4.69, 9.17) is 0 Å². The Hall–Kier alpha value is -2.08. The van der Waals surface area contributed by atoms with Crippen LogP contribution in [0.5, 0.6) is 0 Å². The van der Waals surface area contributed by atoms with Crippen LogP contribution in [0.1, 0.15) is 12.8 Å². The Morgan fingerprint density at radius 2 is 1.75 bits per heavy atom. The SMILES string of the molecule is C1=CC2C=CC=C(C3=c4ccccc4=CCC3)C2C=C1. The van der Waals surface area contributed by atoms with Gasteiger partial charge in [-0.1, -0.05) is 72.9 Å². The van der Waals surface area contributed by atoms with Crippen LogP contribution in [-0.4, -0.2) is 0 Å². The Balaban J connectivity index is 1.92. The standard InChI is InChI=1S/C20H18/c1-3-11-17-15(7-1)9-5-13-19(17)20-14-6-10-16-8-2-4-12-18(16)20/h1-5,7-13,15,17H,6,14H2. The molecule has 0 bridgehead atoms. The topological polar surface area (TPSA) is 0 Å². The highest BCUT2D eigenvalue weighted by atomic mass is 14.3. The van der Waals surface area contributed by atoms with Gasteiger partial charge in [0.25, 0.3) is 0 Å². The molecule has 3 aliphatic carbocycles. The van der Waals surface area contributed by atoms with Crippen LogP contribution in [0.15, 0.2) is 72.4 Å². The van der Waals surface area contributed by atoms with Crippen molar-refractivity contribution in [3.63, 3.8) is 0 Å². The number of rotatable bonds is 1. The maximum atomic E-state index is 2.37. The molecule has 98 valence electrons. The molecule has 0 N–H and O–H groups in total. The van der Waals surface area contributed by atoms with Crippen molar-refractivity contribution >= 4 is 11.6 Å². The van der Waals surface area contributed by atoms with E-state index in [1.54, 1.807) is 5.57 Å². The van der Waals surface area contributed by atoms with Crippen LogP contribution in [0.25, 0.3) is 11.6 Å². The van der Waals surface area contributed by atoms with Gasteiger partial charge in [-0.05, 0) is 34.4 Å². The van der Waals surface area contributed by atoms with Crippen molar-refractivity contribution in [3.8, 4) is 0 Å². The number of benzene rings is 1. The lowest BCUT2D eigenvalue weighted by molar-refractivity contribution is 0.635. The molecule has 0 aromatic heterocycles. The summed E-state index contributed by atoms with van der Waals surface area (Å²) in [5, 5.41) is 2.83. The van der Waals surface area contributed by atoms with Crippen molar-refractivity contribution in [2.75, 3.05) is 0 Å². The molecule has 1 aromatic carbocycles. The minimum Gasteiger partial charge on any atom is -0.0767 e. The first-order chi connectivity index (χ1) is 9.93. The van der Waals surface area contributed by atoms with Crippen LogP contribution >= 0.6 is 0 Å². The third kappa shape index (κ3) is 1.84. The summed E-state index contributed by atoms with van der Waals surface area (Å²) in [4.78, 5) is 0. The smallest absolute Gasteiger partial charge is 0.0122 e. The van der Waals surface area contributed by atoms with E-state index in [-0.39, 0.29) is 0 Å². The third-order valence-corrected chi connectivity index (χ3v) is 4.54. The Bertz CT molecular complexity index is 769. The maximum Gasteiger partial charge on any atom is 0.0122 e. The summed E-state index contributed by atoms with van der Waals surface area (Å²) in [5.74, 6) is 1.05. The summed E-state index contributed by atoms with van der Waals surface area (Å²) < 4.78 is 0. The molecule has 2 atom stereocenters. The van der Waals surface area contributed by atoms with Crippen LogP contribution in [0.4, 0.5) is 0 Å². The van der Waals surface area contributed by atoms with E-state index in [1.165, 1.54) is 16.0 Å². The predicted octanol–water partition coefficient (Wildman–Crippen LogP) is 3.27. The highest BCUT2D eigenvalue weighted by Crippen LogP contribution is 2.36. The number of hydrogen-bond donors (Lipinski definition) is 0. The minimum absolute atomic E-state index is 0.520. The van der Waals surface area contributed by atoms with Crippen molar-refractivity contribution in [2.24, 2.45) is 11.8 Å². The molecule has 0 nitrogen and oxygen atoms in total. The maximum absolute atomic E-state index is 2.37. The van der Waals surface area contributed by atoms with Crippen LogP contribution in [-0.2, 0) is 0 Å². The zero-order valence-electron chi connectivity index (χ0n) is 11.5. The molecular weight excluding hydrogens is 240 g/mol. The van der Waals surface area contributed by atoms with Gasteiger partial charge in [0, 0.05) is 11.8 Å². The Morgan fingerprint density at radius 1 is 0.900 bits per heavy atom. The van der Waals surface area contributed by atoms with Crippen LogP contribution in [0.3, 0.4) is 0 Å². The molecular formula is C20H18. The van der Waals surface area contributed by atoms with E-state index in [2.05, 4.69) is 72.9 Å². The van der Waals surface area contributed by atoms with Crippen molar-refractivity contribution in [3.05, 3.63) is 82.8 Å². The molecule has 0 saturated heterocycles. The fourth-order valence-corrected chi connectivity index (χ4v) is 3.58. The number of allylic oxidation sites excluding steroid dienone is 8. The third-order valence-electron chi connectivity index (χ3n) is 4.54. The quantitative estimate of drug-likeness (QED) is 0.725. The molecule has 1 aromatic rings. The summed E-state index contributed by atoms with van der Waals surface area (Å²) in [6.07, 6.45) is 20.6.